The van der Waals surface area contributed by atoms with E-state index in [0.717, 1.165) is 18.5 Å². The van der Waals surface area contributed by atoms with Crippen LogP contribution < -0.4 is 0 Å². The summed E-state index contributed by atoms with van der Waals surface area (Å²) in [6.45, 7) is 4.08. The largest absolute Gasteiger partial charge is 0.299 e. The Morgan fingerprint density at radius 2 is 2.12 bits per heavy atom. The molecule has 2 rings (SSSR count). The van der Waals surface area contributed by atoms with Crippen LogP contribution in [0.1, 0.15) is 44.7 Å². The van der Waals surface area contributed by atoms with E-state index in [4.69, 9.17) is 0 Å². The van der Waals surface area contributed by atoms with Crippen molar-refractivity contribution in [3.05, 3.63) is 29.8 Å². The summed E-state index contributed by atoms with van der Waals surface area (Å²) in [7, 11) is 0. The van der Waals surface area contributed by atoms with Crippen LogP contribution in [0.25, 0.3) is 0 Å². The van der Waals surface area contributed by atoms with Crippen LogP contribution in [0.4, 0.5) is 4.39 Å². The summed E-state index contributed by atoms with van der Waals surface area (Å²) in [5.41, 5.74) is 0.606. The fraction of sp³-hybridized carbons (Fsp3) is 0.538. The lowest BCUT2D eigenvalue weighted by atomic mass is 9.55. The number of carbonyl (C=O) groups excluding carboxylic acids is 1. The summed E-state index contributed by atoms with van der Waals surface area (Å²) in [6.07, 6.45) is 3.46. The number of halogens is 1. The number of nitrogens with zero attached hydrogens (tertiary/aromatic N) is 1. The Kier molecular flexibility index (Phi) is 2.78. The summed E-state index contributed by atoms with van der Waals surface area (Å²) < 4.78 is 12.8. The maximum atomic E-state index is 12.8. The minimum absolute atomic E-state index is 0.176. The van der Waals surface area contributed by atoms with Gasteiger partial charge in [0, 0.05) is 23.4 Å². The highest BCUT2D eigenvalue weighted by atomic mass is 19.1. The van der Waals surface area contributed by atoms with E-state index in [1.54, 1.807) is 6.07 Å². The molecule has 1 unspecified atom stereocenters. The molecule has 1 saturated carbocycles. The van der Waals surface area contributed by atoms with Crippen LogP contribution >= 0.6 is 0 Å². The third-order valence-electron chi connectivity index (χ3n) is 3.98. The topological polar surface area (TPSA) is 30.0 Å². The van der Waals surface area contributed by atoms with Crippen molar-refractivity contribution in [1.82, 2.24) is 4.98 Å². The Morgan fingerprint density at radius 3 is 2.56 bits per heavy atom. The maximum Gasteiger partial charge on any atom is 0.141 e. The van der Waals surface area contributed by atoms with Gasteiger partial charge in [-0.05, 0) is 25.0 Å². The first-order valence-electron chi connectivity index (χ1n) is 5.78. The monoisotopic (exact) mass is 221 g/mol. The van der Waals surface area contributed by atoms with E-state index in [0.29, 0.717) is 12.2 Å². The predicted molar refractivity (Wildman–Crippen MR) is 59.6 cm³/mol. The van der Waals surface area contributed by atoms with Crippen LogP contribution in [0.3, 0.4) is 0 Å². The van der Waals surface area contributed by atoms with E-state index >= 15 is 0 Å². The average Bonchev–Trinajstić information content (AvgIpc) is 2.29. The third-order valence-corrected chi connectivity index (χ3v) is 3.98. The second-order valence-corrected chi connectivity index (χ2v) is 4.44. The molecule has 0 aliphatic heterocycles. The number of aromatic nitrogens is 1. The van der Waals surface area contributed by atoms with Crippen LogP contribution in [0.2, 0.25) is 0 Å². The normalized spacial score (nSPS) is 22.9. The van der Waals surface area contributed by atoms with E-state index < -0.39 is 0 Å². The Bertz CT molecular complexity index is 395. The van der Waals surface area contributed by atoms with Crippen molar-refractivity contribution in [2.75, 3.05) is 0 Å². The summed E-state index contributed by atoms with van der Waals surface area (Å²) in [6, 6.07) is 3.12. The molecule has 16 heavy (non-hydrogen) atoms. The molecule has 0 amide bonds. The first kappa shape index (κ1) is 11.2. The van der Waals surface area contributed by atoms with Gasteiger partial charge in [-0.3, -0.25) is 9.78 Å². The summed E-state index contributed by atoms with van der Waals surface area (Å²) in [4.78, 5) is 15.9. The van der Waals surface area contributed by atoms with Gasteiger partial charge in [0.15, 0.2) is 0 Å². The number of rotatable bonds is 3. The van der Waals surface area contributed by atoms with E-state index in [1.807, 2.05) is 13.8 Å². The molecule has 0 aromatic carbocycles. The number of Topliss-reactive ketones (excluding diaryl/α,β-unsaturated/α-hetero) is 1. The highest BCUT2D eigenvalue weighted by Crippen LogP contribution is 2.53. The highest BCUT2D eigenvalue weighted by molar-refractivity contribution is 5.93. The van der Waals surface area contributed by atoms with E-state index in [9.17, 15) is 9.18 Å². The fourth-order valence-electron chi connectivity index (χ4n) is 2.77. The number of pyridine rings is 1. The van der Waals surface area contributed by atoms with Crippen molar-refractivity contribution < 1.29 is 9.18 Å². The zero-order chi connectivity index (χ0) is 11.8. The van der Waals surface area contributed by atoms with Gasteiger partial charge in [-0.15, -0.1) is 0 Å². The molecule has 1 aromatic rings. The predicted octanol–water partition coefficient (Wildman–Crippen LogP) is 3.08. The molecule has 1 heterocycles. The van der Waals surface area contributed by atoms with Gasteiger partial charge in [0.25, 0.3) is 0 Å². The van der Waals surface area contributed by atoms with Crippen molar-refractivity contribution >= 4 is 5.78 Å². The average molecular weight is 221 g/mol. The molecule has 2 nitrogen and oxygen atoms in total. The molecule has 0 bridgehead atoms. The van der Waals surface area contributed by atoms with E-state index in [1.165, 1.54) is 12.3 Å². The molecule has 0 N–H and O–H groups in total. The molecule has 86 valence electrons. The third kappa shape index (κ3) is 1.46. The van der Waals surface area contributed by atoms with Crippen molar-refractivity contribution in [2.45, 2.75) is 39.0 Å². The summed E-state index contributed by atoms with van der Waals surface area (Å²) in [5.74, 6) is 0.178. The minimum atomic E-state index is -0.326. The SMILES string of the molecule is CCC1(CC)C(=O)CC1c1ccc(F)cn1. The van der Waals surface area contributed by atoms with E-state index in [-0.39, 0.29) is 17.2 Å². The quantitative estimate of drug-likeness (QED) is 0.785. The van der Waals surface area contributed by atoms with Gasteiger partial charge >= 0.3 is 0 Å². The highest BCUT2D eigenvalue weighted by Gasteiger charge is 2.52. The Labute approximate surface area is 94.9 Å². The summed E-state index contributed by atoms with van der Waals surface area (Å²) in [5, 5.41) is 0. The molecule has 1 fully saturated rings. The number of hydrogen-bond acceptors (Lipinski definition) is 2. The van der Waals surface area contributed by atoms with Crippen molar-refractivity contribution in [2.24, 2.45) is 5.41 Å². The molecule has 0 radical (unpaired) electrons. The standard InChI is InChI=1S/C13H16FNO/c1-3-13(4-2)10(7-12(13)16)11-6-5-9(14)8-15-11/h5-6,8,10H,3-4,7H2,1-2H3. The van der Waals surface area contributed by atoms with Crippen LogP contribution in [0.5, 0.6) is 0 Å². The second kappa shape index (κ2) is 3.96. The molecule has 1 aromatic heterocycles. The Hall–Kier alpha value is -1.25. The maximum absolute atomic E-state index is 12.8. The lowest BCUT2D eigenvalue weighted by Gasteiger charge is -2.46. The molecular formula is C13H16FNO. The van der Waals surface area contributed by atoms with Gasteiger partial charge in [-0.2, -0.15) is 0 Å². The van der Waals surface area contributed by atoms with Gasteiger partial charge < -0.3 is 0 Å². The van der Waals surface area contributed by atoms with Gasteiger partial charge in [-0.25, -0.2) is 4.39 Å². The van der Waals surface area contributed by atoms with Crippen molar-refractivity contribution in [3.63, 3.8) is 0 Å². The zero-order valence-corrected chi connectivity index (χ0v) is 9.66. The number of carbonyl (C=O) groups is 1. The lowest BCUT2D eigenvalue weighted by molar-refractivity contribution is -0.141. The number of hydrogen-bond donors (Lipinski definition) is 0. The minimum Gasteiger partial charge on any atom is -0.299 e. The van der Waals surface area contributed by atoms with Crippen molar-refractivity contribution in [1.29, 1.82) is 0 Å². The van der Waals surface area contributed by atoms with Crippen LogP contribution in [0.15, 0.2) is 18.3 Å². The molecule has 1 atom stereocenters. The molecule has 1 aliphatic rings. The van der Waals surface area contributed by atoms with Crippen LogP contribution in [0, 0.1) is 11.2 Å². The van der Waals surface area contributed by atoms with Gasteiger partial charge in [0.1, 0.15) is 11.6 Å². The summed E-state index contributed by atoms with van der Waals surface area (Å²) >= 11 is 0. The van der Waals surface area contributed by atoms with Crippen molar-refractivity contribution in [3.8, 4) is 0 Å². The molecule has 0 spiro atoms. The molecule has 0 saturated heterocycles. The van der Waals surface area contributed by atoms with E-state index in [2.05, 4.69) is 4.98 Å². The molecule has 3 heteroatoms. The first-order chi connectivity index (χ1) is 7.64. The van der Waals surface area contributed by atoms with Gasteiger partial charge in [0.05, 0.1) is 6.20 Å². The number of ketones is 1. The molecule has 1 aliphatic carbocycles. The van der Waals surface area contributed by atoms with Gasteiger partial charge in [0.2, 0.25) is 0 Å². The smallest absolute Gasteiger partial charge is 0.141 e. The van der Waals surface area contributed by atoms with Crippen LogP contribution in [-0.4, -0.2) is 10.8 Å². The molecular weight excluding hydrogens is 205 g/mol. The fourth-order valence-corrected chi connectivity index (χ4v) is 2.77. The van der Waals surface area contributed by atoms with Gasteiger partial charge in [-0.1, -0.05) is 13.8 Å². The Morgan fingerprint density at radius 1 is 1.44 bits per heavy atom. The lowest BCUT2D eigenvalue weighted by Crippen LogP contribution is -2.47. The zero-order valence-electron chi connectivity index (χ0n) is 9.66. The first-order valence-corrected chi connectivity index (χ1v) is 5.78. The second-order valence-electron chi connectivity index (χ2n) is 4.44. The Balaban J connectivity index is 2.29. The van der Waals surface area contributed by atoms with Crippen LogP contribution in [-0.2, 0) is 4.79 Å².